The quantitative estimate of drug-likeness (QED) is 0.844. The van der Waals surface area contributed by atoms with Crippen LogP contribution in [0.3, 0.4) is 0 Å². The van der Waals surface area contributed by atoms with E-state index in [1.54, 1.807) is 0 Å². The maximum absolute atomic E-state index is 4.36. The summed E-state index contributed by atoms with van der Waals surface area (Å²) in [5.74, 6) is 0.668. The average Bonchev–Trinajstić information content (AvgIpc) is 2.45. The Balaban J connectivity index is 2.02. The number of pyridine rings is 1. The van der Waals surface area contributed by atoms with Gasteiger partial charge in [0.2, 0.25) is 0 Å². The molecule has 1 unspecified atom stereocenters. The highest BCUT2D eigenvalue weighted by Gasteiger charge is 2.12. The van der Waals surface area contributed by atoms with Crippen LogP contribution in [-0.2, 0) is 6.54 Å². The van der Waals surface area contributed by atoms with Gasteiger partial charge in [-0.1, -0.05) is 50.2 Å². The van der Waals surface area contributed by atoms with Gasteiger partial charge in [0.05, 0.1) is 5.69 Å². The van der Waals surface area contributed by atoms with E-state index in [-0.39, 0.29) is 0 Å². The molecule has 0 radical (unpaired) electrons. The van der Waals surface area contributed by atoms with E-state index in [1.807, 2.05) is 18.3 Å². The normalized spacial score (nSPS) is 12.6. The van der Waals surface area contributed by atoms with Crippen LogP contribution < -0.4 is 5.32 Å². The number of nitrogens with one attached hydrogen (secondary N) is 1. The molecule has 1 N–H and O–H groups in total. The summed E-state index contributed by atoms with van der Waals surface area (Å²) < 4.78 is 0. The van der Waals surface area contributed by atoms with E-state index < -0.39 is 0 Å². The van der Waals surface area contributed by atoms with Gasteiger partial charge in [-0.3, -0.25) is 4.98 Å². The van der Waals surface area contributed by atoms with Gasteiger partial charge >= 0.3 is 0 Å². The zero-order chi connectivity index (χ0) is 13.5. The van der Waals surface area contributed by atoms with Crippen molar-refractivity contribution in [2.24, 2.45) is 5.92 Å². The maximum Gasteiger partial charge on any atom is 0.0541 e. The van der Waals surface area contributed by atoms with E-state index in [0.717, 1.165) is 18.7 Å². The summed E-state index contributed by atoms with van der Waals surface area (Å²) in [5.41, 5.74) is 2.44. The third-order valence-electron chi connectivity index (χ3n) is 3.16. The van der Waals surface area contributed by atoms with Crippen LogP contribution in [0.25, 0.3) is 0 Å². The van der Waals surface area contributed by atoms with Gasteiger partial charge in [-0.15, -0.1) is 0 Å². The second kappa shape index (κ2) is 7.05. The van der Waals surface area contributed by atoms with Crippen LogP contribution in [-0.4, -0.2) is 4.98 Å². The van der Waals surface area contributed by atoms with Crippen LogP contribution in [0.4, 0.5) is 0 Å². The fourth-order valence-corrected chi connectivity index (χ4v) is 2.22. The number of hydrogen-bond acceptors (Lipinski definition) is 2. The van der Waals surface area contributed by atoms with E-state index in [9.17, 15) is 0 Å². The summed E-state index contributed by atoms with van der Waals surface area (Å²) in [4.78, 5) is 4.36. The standard InChI is InChI=1S/C17H22N2/c1-14(2)12-17(15-8-4-3-5-9-15)19-13-16-10-6-7-11-18-16/h3-11,14,17,19H,12-13H2,1-2H3. The second-order valence-electron chi connectivity index (χ2n) is 5.29. The summed E-state index contributed by atoms with van der Waals surface area (Å²) in [6, 6.07) is 17.1. The summed E-state index contributed by atoms with van der Waals surface area (Å²) in [6.07, 6.45) is 2.98. The van der Waals surface area contributed by atoms with Crippen LogP contribution in [0.15, 0.2) is 54.7 Å². The molecule has 0 bridgehead atoms. The predicted octanol–water partition coefficient (Wildman–Crippen LogP) is 3.96. The van der Waals surface area contributed by atoms with E-state index >= 15 is 0 Å². The molecule has 1 aromatic carbocycles. The molecule has 0 saturated carbocycles. The van der Waals surface area contributed by atoms with Crippen LogP contribution in [0, 0.1) is 5.92 Å². The van der Waals surface area contributed by atoms with Gasteiger partial charge in [-0.2, -0.15) is 0 Å². The summed E-state index contributed by atoms with van der Waals surface area (Å²) >= 11 is 0. The van der Waals surface area contributed by atoms with Crippen molar-refractivity contribution in [2.45, 2.75) is 32.9 Å². The number of hydrogen-bond donors (Lipinski definition) is 1. The molecule has 0 aliphatic carbocycles. The Morgan fingerprint density at radius 3 is 2.37 bits per heavy atom. The molecule has 0 fully saturated rings. The van der Waals surface area contributed by atoms with Crippen molar-refractivity contribution in [1.29, 1.82) is 0 Å². The van der Waals surface area contributed by atoms with Crippen molar-refractivity contribution >= 4 is 0 Å². The molecule has 0 aliphatic heterocycles. The minimum absolute atomic E-state index is 0.392. The fourth-order valence-electron chi connectivity index (χ4n) is 2.22. The largest absolute Gasteiger partial charge is 0.304 e. The first-order chi connectivity index (χ1) is 9.25. The highest BCUT2D eigenvalue weighted by Crippen LogP contribution is 2.21. The van der Waals surface area contributed by atoms with Crippen LogP contribution in [0.1, 0.15) is 37.6 Å². The Morgan fingerprint density at radius 1 is 1.00 bits per heavy atom. The van der Waals surface area contributed by atoms with E-state index in [2.05, 4.69) is 60.5 Å². The molecule has 2 aromatic rings. The van der Waals surface area contributed by atoms with Crippen LogP contribution >= 0.6 is 0 Å². The SMILES string of the molecule is CC(C)CC(NCc1ccccn1)c1ccccc1. The van der Waals surface area contributed by atoms with Crippen molar-refractivity contribution in [3.8, 4) is 0 Å². The number of rotatable bonds is 6. The number of nitrogens with zero attached hydrogens (tertiary/aromatic N) is 1. The smallest absolute Gasteiger partial charge is 0.0541 e. The monoisotopic (exact) mass is 254 g/mol. The first-order valence-corrected chi connectivity index (χ1v) is 6.94. The molecule has 2 rings (SSSR count). The van der Waals surface area contributed by atoms with Gasteiger partial charge in [-0.25, -0.2) is 0 Å². The Kier molecular flexibility index (Phi) is 5.10. The maximum atomic E-state index is 4.36. The van der Waals surface area contributed by atoms with E-state index in [4.69, 9.17) is 0 Å². The summed E-state index contributed by atoms with van der Waals surface area (Å²) in [6.45, 7) is 5.34. The second-order valence-corrected chi connectivity index (χ2v) is 5.29. The molecular formula is C17H22N2. The minimum atomic E-state index is 0.392. The Morgan fingerprint density at radius 2 is 1.74 bits per heavy atom. The van der Waals surface area contributed by atoms with Gasteiger partial charge in [0.25, 0.3) is 0 Å². The molecule has 0 saturated heterocycles. The third kappa shape index (κ3) is 4.49. The van der Waals surface area contributed by atoms with Crippen molar-refractivity contribution in [3.63, 3.8) is 0 Å². The lowest BCUT2D eigenvalue weighted by molar-refractivity contribution is 0.426. The Labute approximate surface area is 115 Å². The van der Waals surface area contributed by atoms with Crippen molar-refractivity contribution in [2.75, 3.05) is 0 Å². The number of aromatic nitrogens is 1. The predicted molar refractivity (Wildman–Crippen MR) is 79.7 cm³/mol. The lowest BCUT2D eigenvalue weighted by Gasteiger charge is -2.21. The lowest BCUT2D eigenvalue weighted by Crippen LogP contribution is -2.22. The molecule has 1 heterocycles. The molecular weight excluding hydrogens is 232 g/mol. The molecule has 1 aromatic heterocycles. The topological polar surface area (TPSA) is 24.9 Å². The van der Waals surface area contributed by atoms with Gasteiger partial charge in [0.1, 0.15) is 0 Å². The molecule has 0 spiro atoms. The van der Waals surface area contributed by atoms with Crippen molar-refractivity contribution < 1.29 is 0 Å². The molecule has 100 valence electrons. The first-order valence-electron chi connectivity index (χ1n) is 6.94. The average molecular weight is 254 g/mol. The molecule has 2 heteroatoms. The first kappa shape index (κ1) is 13.8. The third-order valence-corrected chi connectivity index (χ3v) is 3.16. The molecule has 2 nitrogen and oxygen atoms in total. The van der Waals surface area contributed by atoms with E-state index in [0.29, 0.717) is 12.0 Å². The van der Waals surface area contributed by atoms with Gasteiger partial charge in [0.15, 0.2) is 0 Å². The number of benzene rings is 1. The van der Waals surface area contributed by atoms with Gasteiger partial charge < -0.3 is 5.32 Å². The Bertz CT molecular complexity index is 465. The summed E-state index contributed by atoms with van der Waals surface area (Å²) in [5, 5.41) is 3.62. The van der Waals surface area contributed by atoms with Crippen LogP contribution in [0.2, 0.25) is 0 Å². The van der Waals surface area contributed by atoms with Crippen molar-refractivity contribution in [1.82, 2.24) is 10.3 Å². The Hall–Kier alpha value is -1.67. The highest BCUT2D eigenvalue weighted by molar-refractivity contribution is 5.19. The summed E-state index contributed by atoms with van der Waals surface area (Å²) in [7, 11) is 0. The molecule has 19 heavy (non-hydrogen) atoms. The minimum Gasteiger partial charge on any atom is -0.304 e. The zero-order valence-corrected chi connectivity index (χ0v) is 11.7. The lowest BCUT2D eigenvalue weighted by atomic mass is 9.97. The van der Waals surface area contributed by atoms with Gasteiger partial charge in [-0.05, 0) is 30.0 Å². The van der Waals surface area contributed by atoms with Crippen molar-refractivity contribution in [3.05, 3.63) is 66.0 Å². The molecule has 0 amide bonds. The molecule has 0 aliphatic rings. The van der Waals surface area contributed by atoms with Gasteiger partial charge in [0, 0.05) is 18.8 Å². The molecule has 1 atom stereocenters. The highest BCUT2D eigenvalue weighted by atomic mass is 14.9. The fraction of sp³-hybridized carbons (Fsp3) is 0.353. The van der Waals surface area contributed by atoms with Crippen LogP contribution in [0.5, 0.6) is 0 Å². The van der Waals surface area contributed by atoms with E-state index in [1.165, 1.54) is 5.56 Å². The zero-order valence-electron chi connectivity index (χ0n) is 11.7.